The van der Waals surface area contributed by atoms with Crippen molar-refractivity contribution in [2.75, 3.05) is 25.2 Å². The summed E-state index contributed by atoms with van der Waals surface area (Å²) in [5, 5.41) is 0.775. The molecule has 0 aromatic heterocycles. The van der Waals surface area contributed by atoms with Crippen LogP contribution >= 0.6 is 23.2 Å². The molecule has 0 atom stereocenters. The van der Waals surface area contributed by atoms with E-state index in [2.05, 4.69) is 11.9 Å². The lowest BCUT2D eigenvalue weighted by atomic mass is 10.1. The normalized spacial score (nSPS) is 17.1. The number of alkyl halides is 1. The van der Waals surface area contributed by atoms with Crippen LogP contribution in [0.4, 0.5) is 5.69 Å². The number of hydrogen-bond donors (Lipinski definition) is 0. The molecule has 0 unspecified atom stereocenters. The molecular formula is C13H17Cl2NO. The highest BCUT2D eigenvalue weighted by molar-refractivity contribution is 6.33. The van der Waals surface area contributed by atoms with Crippen LogP contribution in [0, 0.1) is 0 Å². The fourth-order valence-corrected chi connectivity index (χ4v) is 2.86. The van der Waals surface area contributed by atoms with Crippen LogP contribution in [0.15, 0.2) is 18.2 Å². The first-order valence-corrected chi connectivity index (χ1v) is 6.79. The maximum atomic E-state index is 6.29. The van der Waals surface area contributed by atoms with E-state index in [1.165, 1.54) is 0 Å². The van der Waals surface area contributed by atoms with Crippen LogP contribution in [0.5, 0.6) is 0 Å². The van der Waals surface area contributed by atoms with Crippen molar-refractivity contribution in [1.29, 1.82) is 0 Å². The lowest BCUT2D eigenvalue weighted by molar-refractivity contribution is 0.0854. The second-order valence-corrected chi connectivity index (χ2v) is 5.01. The van der Waals surface area contributed by atoms with Gasteiger partial charge in [0.15, 0.2) is 0 Å². The van der Waals surface area contributed by atoms with Crippen molar-refractivity contribution in [2.24, 2.45) is 0 Å². The summed E-state index contributed by atoms with van der Waals surface area (Å²) in [6.07, 6.45) is 2.09. The van der Waals surface area contributed by atoms with E-state index < -0.39 is 0 Å². The first kappa shape index (κ1) is 13.0. The minimum Gasteiger partial charge on any atom is -0.381 e. The van der Waals surface area contributed by atoms with Crippen molar-refractivity contribution in [3.63, 3.8) is 0 Å². The van der Waals surface area contributed by atoms with Crippen LogP contribution in [0.2, 0.25) is 5.02 Å². The third-order valence-electron chi connectivity index (χ3n) is 3.31. The quantitative estimate of drug-likeness (QED) is 0.779. The van der Waals surface area contributed by atoms with Gasteiger partial charge in [0.05, 0.1) is 10.7 Å². The average molecular weight is 274 g/mol. The van der Waals surface area contributed by atoms with Gasteiger partial charge in [-0.1, -0.05) is 23.7 Å². The van der Waals surface area contributed by atoms with Crippen molar-refractivity contribution < 1.29 is 4.74 Å². The molecule has 0 spiro atoms. The molecule has 94 valence electrons. The van der Waals surface area contributed by atoms with E-state index >= 15 is 0 Å². The molecule has 1 aromatic carbocycles. The van der Waals surface area contributed by atoms with Gasteiger partial charge < -0.3 is 9.64 Å². The molecule has 2 nitrogen and oxygen atoms in total. The monoisotopic (exact) mass is 273 g/mol. The summed E-state index contributed by atoms with van der Waals surface area (Å²) in [7, 11) is 2.09. The molecule has 0 radical (unpaired) electrons. The summed E-state index contributed by atoms with van der Waals surface area (Å²) in [4.78, 5) is 2.25. The summed E-state index contributed by atoms with van der Waals surface area (Å²) >= 11 is 12.3. The van der Waals surface area contributed by atoms with E-state index in [0.717, 1.165) is 42.3 Å². The molecule has 1 aliphatic heterocycles. The predicted molar refractivity (Wildman–Crippen MR) is 73.3 cm³/mol. The number of hydrogen-bond acceptors (Lipinski definition) is 2. The van der Waals surface area contributed by atoms with Gasteiger partial charge in [-0.2, -0.15) is 0 Å². The van der Waals surface area contributed by atoms with Gasteiger partial charge in [0.2, 0.25) is 0 Å². The summed E-state index contributed by atoms with van der Waals surface area (Å²) in [5.74, 6) is 0.490. The van der Waals surface area contributed by atoms with Gasteiger partial charge >= 0.3 is 0 Å². The van der Waals surface area contributed by atoms with Crippen molar-refractivity contribution in [1.82, 2.24) is 0 Å². The van der Waals surface area contributed by atoms with Gasteiger partial charge in [0.25, 0.3) is 0 Å². The van der Waals surface area contributed by atoms with E-state index in [1.54, 1.807) is 0 Å². The van der Waals surface area contributed by atoms with Crippen molar-refractivity contribution >= 4 is 28.9 Å². The molecule has 0 N–H and O–H groups in total. The number of nitrogens with zero attached hydrogens (tertiary/aromatic N) is 1. The summed E-state index contributed by atoms with van der Waals surface area (Å²) in [5.41, 5.74) is 2.16. The number of ether oxygens (including phenoxy) is 1. The second kappa shape index (κ2) is 5.94. The maximum Gasteiger partial charge on any atom is 0.0642 e. The zero-order valence-electron chi connectivity index (χ0n) is 9.96. The van der Waals surface area contributed by atoms with E-state index in [4.69, 9.17) is 27.9 Å². The van der Waals surface area contributed by atoms with E-state index in [1.807, 2.05) is 18.2 Å². The van der Waals surface area contributed by atoms with Gasteiger partial charge in [-0.3, -0.25) is 0 Å². The largest absolute Gasteiger partial charge is 0.381 e. The molecule has 0 bridgehead atoms. The highest BCUT2D eigenvalue weighted by atomic mass is 35.5. The Kier molecular flexibility index (Phi) is 4.55. The Labute approximate surface area is 112 Å². The smallest absolute Gasteiger partial charge is 0.0642 e. The van der Waals surface area contributed by atoms with Gasteiger partial charge in [-0.05, 0) is 24.5 Å². The number of anilines is 1. The van der Waals surface area contributed by atoms with Crippen molar-refractivity contribution in [3.05, 3.63) is 28.8 Å². The molecule has 0 aliphatic carbocycles. The zero-order valence-corrected chi connectivity index (χ0v) is 11.5. The Balaban J connectivity index is 2.25. The third kappa shape index (κ3) is 2.87. The average Bonchev–Trinajstić information content (AvgIpc) is 2.38. The molecule has 1 heterocycles. The SMILES string of the molecule is CN(c1c(Cl)cccc1CCl)C1CCOCC1. The van der Waals surface area contributed by atoms with Crippen molar-refractivity contribution in [3.8, 4) is 0 Å². The molecule has 0 saturated carbocycles. The molecule has 0 amide bonds. The summed E-state index contributed by atoms with van der Waals surface area (Å²) in [6, 6.07) is 6.39. The topological polar surface area (TPSA) is 12.5 Å². The van der Waals surface area contributed by atoms with E-state index in [0.29, 0.717) is 11.9 Å². The predicted octanol–water partition coefficient (Wildman–Crippen LogP) is 3.69. The molecular weight excluding hydrogens is 257 g/mol. The van der Waals surface area contributed by atoms with Gasteiger partial charge in [-0.15, -0.1) is 11.6 Å². The fraction of sp³-hybridized carbons (Fsp3) is 0.538. The van der Waals surface area contributed by atoms with Gasteiger partial charge in [0, 0.05) is 32.2 Å². The Morgan fingerprint density at radius 2 is 2.06 bits per heavy atom. The van der Waals surface area contributed by atoms with Gasteiger partial charge in [-0.25, -0.2) is 0 Å². The maximum absolute atomic E-state index is 6.29. The summed E-state index contributed by atoms with van der Waals surface area (Å²) in [6.45, 7) is 1.66. The molecule has 17 heavy (non-hydrogen) atoms. The van der Waals surface area contributed by atoms with Crippen molar-refractivity contribution in [2.45, 2.75) is 24.8 Å². The first-order valence-electron chi connectivity index (χ1n) is 5.88. The van der Waals surface area contributed by atoms with Crippen LogP contribution in [-0.4, -0.2) is 26.3 Å². The molecule has 2 rings (SSSR count). The zero-order chi connectivity index (χ0) is 12.3. The molecule has 1 aliphatic rings. The first-order chi connectivity index (χ1) is 8.24. The van der Waals surface area contributed by atoms with Crippen LogP contribution < -0.4 is 4.90 Å². The number of halogens is 2. The Hall–Kier alpha value is -0.440. The fourth-order valence-electron chi connectivity index (χ4n) is 2.32. The lowest BCUT2D eigenvalue weighted by Crippen LogP contribution is -2.37. The second-order valence-electron chi connectivity index (χ2n) is 4.34. The van der Waals surface area contributed by atoms with Crippen LogP contribution in [0.1, 0.15) is 18.4 Å². The lowest BCUT2D eigenvalue weighted by Gasteiger charge is -2.34. The highest BCUT2D eigenvalue weighted by Gasteiger charge is 2.21. The molecule has 1 aromatic rings. The Bertz CT molecular complexity index is 378. The minimum absolute atomic E-state index is 0.490. The standard InChI is InChI=1S/C13H17Cl2NO/c1-16(11-5-7-17-8-6-11)13-10(9-14)3-2-4-12(13)15/h2-4,11H,5-9H2,1H3. The molecule has 4 heteroatoms. The van der Waals surface area contributed by atoms with Crippen LogP contribution in [0.25, 0.3) is 0 Å². The van der Waals surface area contributed by atoms with Crippen LogP contribution in [0.3, 0.4) is 0 Å². The Morgan fingerprint density at radius 1 is 1.35 bits per heavy atom. The number of rotatable bonds is 3. The van der Waals surface area contributed by atoms with Crippen LogP contribution in [-0.2, 0) is 10.6 Å². The minimum atomic E-state index is 0.490. The van der Waals surface area contributed by atoms with E-state index in [9.17, 15) is 0 Å². The highest BCUT2D eigenvalue weighted by Crippen LogP contribution is 2.33. The number of benzene rings is 1. The molecule has 1 fully saturated rings. The number of para-hydroxylation sites is 1. The molecule has 1 saturated heterocycles. The van der Waals surface area contributed by atoms with E-state index in [-0.39, 0.29) is 0 Å². The van der Waals surface area contributed by atoms with Gasteiger partial charge in [0.1, 0.15) is 0 Å². The third-order valence-corrected chi connectivity index (χ3v) is 3.90. The Morgan fingerprint density at radius 3 is 2.71 bits per heavy atom. The summed E-state index contributed by atoms with van der Waals surface area (Å²) < 4.78 is 5.39.